The average Bonchev–Trinajstić information content (AvgIpc) is 2.81. The van der Waals surface area contributed by atoms with E-state index in [4.69, 9.17) is 0 Å². The monoisotopic (exact) mass is 394 g/mol. The third-order valence-electron chi connectivity index (χ3n) is 2.09. The van der Waals surface area contributed by atoms with Crippen molar-refractivity contribution in [3.63, 3.8) is 0 Å². The molecule has 21 heavy (non-hydrogen) atoms. The lowest BCUT2D eigenvalue weighted by atomic mass is 10.3. The third kappa shape index (κ3) is 3.95. The van der Waals surface area contributed by atoms with Gasteiger partial charge in [0.05, 0.1) is 5.69 Å². The highest BCUT2D eigenvalue weighted by atomic mass is 79.9. The molecule has 0 saturated carbocycles. The van der Waals surface area contributed by atoms with Crippen molar-refractivity contribution in [1.82, 2.24) is 10.2 Å². The van der Waals surface area contributed by atoms with E-state index in [0.29, 0.717) is 11.3 Å². The molecule has 0 aliphatic heterocycles. The van der Waals surface area contributed by atoms with Crippen LogP contribution in [0.3, 0.4) is 0 Å². The first kappa shape index (κ1) is 15.8. The summed E-state index contributed by atoms with van der Waals surface area (Å²) in [5.41, 5.74) is 0.160. The minimum atomic E-state index is -3.97. The number of aromatic nitrogens is 2. The zero-order valence-electron chi connectivity index (χ0n) is 10.4. The van der Waals surface area contributed by atoms with Crippen LogP contribution in [0.25, 0.3) is 0 Å². The Morgan fingerprint density at radius 2 is 2.10 bits per heavy atom. The van der Waals surface area contributed by atoms with Crippen molar-refractivity contribution in [3.05, 3.63) is 28.5 Å². The van der Waals surface area contributed by atoms with E-state index in [1.54, 1.807) is 0 Å². The van der Waals surface area contributed by atoms with Crippen LogP contribution in [0.2, 0.25) is 0 Å². The molecule has 0 atom stereocenters. The van der Waals surface area contributed by atoms with Gasteiger partial charge in [-0.3, -0.25) is 9.52 Å². The molecule has 0 radical (unpaired) electrons. The van der Waals surface area contributed by atoms with Gasteiger partial charge in [0.15, 0.2) is 0 Å². The summed E-state index contributed by atoms with van der Waals surface area (Å²) in [6.07, 6.45) is 0. The molecule has 1 aromatic heterocycles. The smallest absolute Gasteiger partial charge is 0.291 e. The quantitative estimate of drug-likeness (QED) is 0.773. The van der Waals surface area contributed by atoms with E-state index in [-0.39, 0.29) is 25.5 Å². The second-order valence-electron chi connectivity index (χ2n) is 3.78. The molecular formula is C10H8BrFN4O3S2. The fraction of sp³-hybridized carbons (Fsp3) is 0.100. The third-order valence-corrected chi connectivity index (χ3v) is 5.32. The number of sulfonamides is 1. The van der Waals surface area contributed by atoms with E-state index in [9.17, 15) is 17.6 Å². The Kier molecular flexibility index (Phi) is 4.54. The molecule has 0 aliphatic rings. The van der Waals surface area contributed by atoms with Gasteiger partial charge in [-0.2, -0.15) is 8.42 Å². The van der Waals surface area contributed by atoms with Gasteiger partial charge in [0.2, 0.25) is 11.0 Å². The van der Waals surface area contributed by atoms with Crippen LogP contribution in [0, 0.1) is 5.82 Å². The second kappa shape index (κ2) is 6.03. The molecule has 2 N–H and O–H groups in total. The van der Waals surface area contributed by atoms with Gasteiger partial charge in [0.1, 0.15) is 5.82 Å². The number of carbonyl (C=O) groups excluding carboxylic acids is 1. The molecule has 2 aromatic rings. The van der Waals surface area contributed by atoms with Crippen molar-refractivity contribution in [2.24, 2.45) is 0 Å². The first-order valence-corrected chi connectivity index (χ1v) is 8.46. The number of halogens is 2. The van der Waals surface area contributed by atoms with Crippen LogP contribution in [-0.2, 0) is 14.8 Å². The van der Waals surface area contributed by atoms with Gasteiger partial charge in [-0.15, -0.1) is 10.2 Å². The number of carbonyl (C=O) groups is 1. The Balaban J connectivity index is 2.25. The van der Waals surface area contributed by atoms with Gasteiger partial charge in [-0.1, -0.05) is 11.3 Å². The molecule has 0 bridgehead atoms. The van der Waals surface area contributed by atoms with E-state index in [2.05, 4.69) is 36.2 Å². The van der Waals surface area contributed by atoms with Crippen LogP contribution in [-0.4, -0.2) is 24.5 Å². The van der Waals surface area contributed by atoms with Crippen LogP contribution in [0.5, 0.6) is 0 Å². The van der Waals surface area contributed by atoms with E-state index in [1.807, 2.05) is 0 Å². The van der Waals surface area contributed by atoms with Crippen LogP contribution >= 0.6 is 27.3 Å². The summed E-state index contributed by atoms with van der Waals surface area (Å²) in [4.78, 5) is 10.9. The normalized spacial score (nSPS) is 11.2. The molecule has 0 unspecified atom stereocenters. The minimum Gasteiger partial charge on any atom is -0.301 e. The van der Waals surface area contributed by atoms with Gasteiger partial charge < -0.3 is 5.32 Å². The zero-order valence-corrected chi connectivity index (χ0v) is 13.6. The maximum absolute atomic E-state index is 13.0. The zero-order chi connectivity index (χ0) is 15.6. The van der Waals surface area contributed by atoms with E-state index < -0.39 is 15.8 Å². The van der Waals surface area contributed by atoms with E-state index >= 15 is 0 Å². The first-order valence-electron chi connectivity index (χ1n) is 5.37. The summed E-state index contributed by atoms with van der Waals surface area (Å²) in [7, 11) is -3.97. The molecule has 0 aliphatic carbocycles. The van der Waals surface area contributed by atoms with Crippen LogP contribution in [0.1, 0.15) is 6.92 Å². The number of amides is 1. The average molecular weight is 395 g/mol. The van der Waals surface area contributed by atoms with Crippen molar-refractivity contribution in [3.8, 4) is 0 Å². The van der Waals surface area contributed by atoms with Gasteiger partial charge in [-0.05, 0) is 34.1 Å². The molecule has 0 saturated heterocycles. The number of hydrogen-bond donors (Lipinski definition) is 2. The molecule has 1 aromatic carbocycles. The van der Waals surface area contributed by atoms with Crippen molar-refractivity contribution < 1.29 is 17.6 Å². The molecule has 11 heteroatoms. The Morgan fingerprint density at radius 3 is 2.71 bits per heavy atom. The number of hydrogen-bond acceptors (Lipinski definition) is 6. The summed E-state index contributed by atoms with van der Waals surface area (Å²) < 4.78 is 39.4. The van der Waals surface area contributed by atoms with Gasteiger partial charge in [0.25, 0.3) is 14.4 Å². The Bertz CT molecular complexity index is 793. The number of anilines is 2. The summed E-state index contributed by atoms with van der Waals surface area (Å²) in [5.74, 6) is -0.891. The maximum atomic E-state index is 13.0. The number of rotatable bonds is 4. The van der Waals surface area contributed by atoms with Crippen molar-refractivity contribution in [2.45, 2.75) is 11.3 Å². The van der Waals surface area contributed by atoms with Crippen molar-refractivity contribution >= 4 is 54.0 Å². The molecule has 2 rings (SSSR count). The first-order chi connectivity index (χ1) is 9.78. The van der Waals surface area contributed by atoms with E-state index in [1.165, 1.54) is 13.0 Å². The van der Waals surface area contributed by atoms with Gasteiger partial charge in [-0.25, -0.2) is 4.39 Å². The lowest BCUT2D eigenvalue weighted by Crippen LogP contribution is -2.13. The highest BCUT2D eigenvalue weighted by molar-refractivity contribution is 9.10. The van der Waals surface area contributed by atoms with Crippen LogP contribution < -0.4 is 10.0 Å². The molecule has 112 valence electrons. The molecule has 1 heterocycles. The second-order valence-corrected chi connectivity index (χ2v) is 7.47. The predicted molar refractivity (Wildman–Crippen MR) is 79.1 cm³/mol. The predicted octanol–water partition coefficient (Wildman–Crippen LogP) is 2.20. The maximum Gasteiger partial charge on any atom is 0.291 e. The fourth-order valence-electron chi connectivity index (χ4n) is 1.28. The molecule has 7 nitrogen and oxygen atoms in total. The molecule has 0 spiro atoms. The van der Waals surface area contributed by atoms with Crippen molar-refractivity contribution in [2.75, 3.05) is 10.0 Å². The Labute approximate surface area is 131 Å². The summed E-state index contributed by atoms with van der Waals surface area (Å²) in [5, 5.41) is 9.45. The van der Waals surface area contributed by atoms with Crippen molar-refractivity contribution in [1.29, 1.82) is 0 Å². The minimum absolute atomic E-state index is 0.0704. The van der Waals surface area contributed by atoms with Crippen LogP contribution in [0.15, 0.2) is 27.0 Å². The molecular weight excluding hydrogens is 387 g/mol. The lowest BCUT2D eigenvalue weighted by molar-refractivity contribution is -0.114. The van der Waals surface area contributed by atoms with E-state index in [0.717, 1.165) is 12.1 Å². The fourth-order valence-corrected chi connectivity index (χ4v) is 3.89. The highest BCUT2D eigenvalue weighted by Crippen LogP contribution is 2.27. The summed E-state index contributed by atoms with van der Waals surface area (Å²) >= 11 is 3.76. The summed E-state index contributed by atoms with van der Waals surface area (Å²) in [6.45, 7) is 1.27. The van der Waals surface area contributed by atoms with Crippen LogP contribution in [0.4, 0.5) is 15.2 Å². The number of nitrogens with zero attached hydrogens (tertiary/aromatic N) is 2. The largest absolute Gasteiger partial charge is 0.301 e. The van der Waals surface area contributed by atoms with Gasteiger partial charge in [0, 0.05) is 11.4 Å². The topological polar surface area (TPSA) is 101 Å². The number of nitrogens with one attached hydrogen (secondary N) is 2. The lowest BCUT2D eigenvalue weighted by Gasteiger charge is -2.06. The summed E-state index contributed by atoms with van der Waals surface area (Å²) in [6, 6.07) is 3.51. The number of benzene rings is 1. The standard InChI is InChI=1S/C10H8BrFN4O3S2/c1-5(17)13-9-14-15-10(20-9)21(18,19)16-8-3-2-6(12)4-7(8)11/h2-4,16H,1H3,(H,13,14,17). The SMILES string of the molecule is CC(=O)Nc1nnc(S(=O)(=O)Nc2ccc(F)cc2Br)s1. The Hall–Kier alpha value is -1.59. The molecule has 0 fully saturated rings. The Morgan fingerprint density at radius 1 is 1.38 bits per heavy atom. The molecule has 1 amide bonds. The highest BCUT2D eigenvalue weighted by Gasteiger charge is 2.21. The van der Waals surface area contributed by atoms with Gasteiger partial charge >= 0.3 is 0 Å².